The van der Waals surface area contributed by atoms with Gasteiger partial charge in [-0.2, -0.15) is 0 Å². The zero-order valence-electron chi connectivity index (χ0n) is 14.0. The zero-order chi connectivity index (χ0) is 16.4. The Bertz CT molecular complexity index is 623. The minimum atomic E-state index is -0.215. The summed E-state index contributed by atoms with van der Waals surface area (Å²) in [5.74, 6) is 0.763. The fourth-order valence-corrected chi connectivity index (χ4v) is 3.79. The smallest absolute Gasteiger partial charge is 0.121 e. The van der Waals surface area contributed by atoms with Crippen LogP contribution in [0.5, 0.6) is 0 Å². The van der Waals surface area contributed by atoms with Crippen molar-refractivity contribution in [1.29, 1.82) is 0 Å². The number of thioether (sulfide) groups is 1. The molecule has 3 heterocycles. The summed E-state index contributed by atoms with van der Waals surface area (Å²) in [5.41, 5.74) is 3.23. The highest BCUT2D eigenvalue weighted by Crippen LogP contribution is 2.35. The van der Waals surface area contributed by atoms with E-state index in [9.17, 15) is 0 Å². The minimum Gasteiger partial charge on any atom is -0.493 e. The fourth-order valence-electron chi connectivity index (χ4n) is 2.68. The number of aliphatic imine (C=N–C) groups is 1. The van der Waals surface area contributed by atoms with Crippen LogP contribution < -0.4 is 5.32 Å². The van der Waals surface area contributed by atoms with E-state index in [0.717, 1.165) is 35.2 Å². The van der Waals surface area contributed by atoms with Gasteiger partial charge in [0.1, 0.15) is 11.0 Å². The molecule has 5 heteroatoms. The van der Waals surface area contributed by atoms with Crippen LogP contribution >= 0.6 is 11.8 Å². The van der Waals surface area contributed by atoms with Gasteiger partial charge in [-0.15, -0.1) is 0 Å². The van der Waals surface area contributed by atoms with Crippen LogP contribution in [0.2, 0.25) is 0 Å². The highest BCUT2D eigenvalue weighted by molar-refractivity contribution is 8.14. The molecule has 0 amide bonds. The van der Waals surface area contributed by atoms with Gasteiger partial charge in [0, 0.05) is 5.70 Å². The highest BCUT2D eigenvalue weighted by Gasteiger charge is 2.29. The van der Waals surface area contributed by atoms with Gasteiger partial charge in [-0.05, 0) is 44.9 Å². The molecule has 1 atom stereocenters. The monoisotopic (exact) mass is 332 g/mol. The number of nitrogens with zero attached hydrogens (tertiary/aromatic N) is 1. The van der Waals surface area contributed by atoms with Gasteiger partial charge in [0.2, 0.25) is 0 Å². The molecule has 124 valence electrons. The number of ether oxygens (including phenoxy) is 2. The molecule has 0 aliphatic carbocycles. The molecule has 0 aromatic heterocycles. The summed E-state index contributed by atoms with van der Waals surface area (Å²) in [6, 6.07) is 0. The van der Waals surface area contributed by atoms with E-state index in [1.807, 2.05) is 20.8 Å². The van der Waals surface area contributed by atoms with E-state index in [1.54, 1.807) is 11.8 Å². The van der Waals surface area contributed by atoms with Crippen molar-refractivity contribution in [3.05, 3.63) is 47.5 Å². The number of rotatable bonds is 4. The summed E-state index contributed by atoms with van der Waals surface area (Å²) in [4.78, 5) is 4.70. The first-order valence-corrected chi connectivity index (χ1v) is 8.85. The lowest BCUT2D eigenvalue weighted by Crippen LogP contribution is -2.30. The molecule has 3 aliphatic rings. The van der Waals surface area contributed by atoms with Crippen LogP contribution in [-0.2, 0) is 9.47 Å². The second kappa shape index (κ2) is 6.57. The van der Waals surface area contributed by atoms with Crippen LogP contribution in [0.4, 0.5) is 0 Å². The maximum absolute atomic E-state index is 5.80. The topological polar surface area (TPSA) is 42.8 Å². The quantitative estimate of drug-likeness (QED) is 0.793. The number of hydrogen-bond donors (Lipinski definition) is 1. The summed E-state index contributed by atoms with van der Waals surface area (Å²) >= 11 is 1.74. The number of fused-ring (bicyclic) bond motifs is 1. The van der Waals surface area contributed by atoms with Crippen molar-refractivity contribution >= 4 is 16.8 Å². The van der Waals surface area contributed by atoms with Crippen LogP contribution in [0.3, 0.4) is 0 Å². The van der Waals surface area contributed by atoms with Crippen molar-refractivity contribution < 1.29 is 9.47 Å². The average Bonchev–Trinajstić information content (AvgIpc) is 2.87. The number of allylic oxidation sites excluding steroid dienone is 3. The molecular formula is C18H24N2O2S. The van der Waals surface area contributed by atoms with Crippen LogP contribution in [0.25, 0.3) is 0 Å². The van der Waals surface area contributed by atoms with E-state index in [0.29, 0.717) is 13.0 Å². The van der Waals surface area contributed by atoms with Crippen molar-refractivity contribution in [3.8, 4) is 0 Å². The highest BCUT2D eigenvalue weighted by atomic mass is 32.2. The van der Waals surface area contributed by atoms with Crippen molar-refractivity contribution in [2.24, 2.45) is 4.99 Å². The first-order valence-electron chi connectivity index (χ1n) is 7.97. The Hall–Kier alpha value is -1.46. The average molecular weight is 332 g/mol. The van der Waals surface area contributed by atoms with Crippen LogP contribution in [0.15, 0.2) is 52.5 Å². The Labute approximate surface area is 142 Å². The second-order valence-corrected chi connectivity index (χ2v) is 8.00. The summed E-state index contributed by atoms with van der Waals surface area (Å²) in [6.45, 7) is 11.6. The molecule has 1 N–H and O–H groups in total. The summed E-state index contributed by atoms with van der Waals surface area (Å²) in [6.07, 6.45) is 8.09. The van der Waals surface area contributed by atoms with Crippen LogP contribution in [0, 0.1) is 0 Å². The molecule has 4 nitrogen and oxygen atoms in total. The molecule has 3 aliphatic heterocycles. The Kier molecular flexibility index (Phi) is 4.69. The van der Waals surface area contributed by atoms with Gasteiger partial charge < -0.3 is 14.8 Å². The van der Waals surface area contributed by atoms with Gasteiger partial charge in [-0.1, -0.05) is 24.4 Å². The molecule has 0 aromatic rings. The van der Waals surface area contributed by atoms with Gasteiger partial charge in [-0.25, -0.2) is 4.99 Å². The number of hydrogen-bond acceptors (Lipinski definition) is 5. The van der Waals surface area contributed by atoms with Crippen molar-refractivity contribution in [2.75, 3.05) is 13.2 Å². The van der Waals surface area contributed by atoms with Gasteiger partial charge in [0.25, 0.3) is 0 Å². The van der Waals surface area contributed by atoms with E-state index in [-0.39, 0.29) is 11.0 Å². The Balaban J connectivity index is 1.63. The standard InChI is InChI=1S/C18H24N2O2S/c1-12(22-18(2,3)4)10-16-19-15-8-7-14(20-17(15)23-16)13-6-5-9-21-11-13/h6-8,17,20H,1,5,9-11H2,2-4H3. The van der Waals surface area contributed by atoms with Crippen LogP contribution in [-0.4, -0.2) is 29.2 Å². The van der Waals surface area contributed by atoms with E-state index >= 15 is 0 Å². The Morgan fingerprint density at radius 1 is 1.48 bits per heavy atom. The summed E-state index contributed by atoms with van der Waals surface area (Å²) in [5, 5.41) is 4.78. The first kappa shape index (κ1) is 16.4. The maximum Gasteiger partial charge on any atom is 0.121 e. The third kappa shape index (κ3) is 4.30. The predicted molar refractivity (Wildman–Crippen MR) is 96.2 cm³/mol. The molecule has 0 saturated carbocycles. The molecule has 0 saturated heterocycles. The molecule has 0 bridgehead atoms. The molecule has 1 unspecified atom stereocenters. The fraction of sp³-hybridized carbons (Fsp3) is 0.500. The third-order valence-corrected chi connectivity index (χ3v) is 4.64. The van der Waals surface area contributed by atoms with E-state index in [2.05, 4.69) is 30.1 Å². The lowest BCUT2D eigenvalue weighted by Gasteiger charge is -2.24. The summed E-state index contributed by atoms with van der Waals surface area (Å²) in [7, 11) is 0. The van der Waals surface area contributed by atoms with Gasteiger partial charge in [-0.3, -0.25) is 0 Å². The van der Waals surface area contributed by atoms with Crippen LogP contribution in [0.1, 0.15) is 33.6 Å². The zero-order valence-corrected chi connectivity index (χ0v) is 14.8. The number of dihydropyridines is 1. The van der Waals surface area contributed by atoms with Crippen molar-refractivity contribution in [2.45, 2.75) is 44.6 Å². The molecule has 0 spiro atoms. The van der Waals surface area contributed by atoms with Crippen molar-refractivity contribution in [3.63, 3.8) is 0 Å². The third-order valence-electron chi connectivity index (χ3n) is 3.54. The lowest BCUT2D eigenvalue weighted by molar-refractivity contribution is 0.0518. The number of nitrogens with one attached hydrogen (secondary N) is 1. The maximum atomic E-state index is 5.80. The van der Waals surface area contributed by atoms with E-state index in [4.69, 9.17) is 14.5 Å². The predicted octanol–water partition coefficient (Wildman–Crippen LogP) is 3.89. The Morgan fingerprint density at radius 3 is 3.00 bits per heavy atom. The minimum absolute atomic E-state index is 0.176. The van der Waals surface area contributed by atoms with E-state index in [1.165, 1.54) is 5.57 Å². The SMILES string of the molecule is C=C(CC1=NC2=CC=C(C3=CCCOC3)NC2S1)OC(C)(C)C. The van der Waals surface area contributed by atoms with Crippen molar-refractivity contribution in [1.82, 2.24) is 5.32 Å². The Morgan fingerprint density at radius 2 is 2.30 bits per heavy atom. The largest absolute Gasteiger partial charge is 0.493 e. The molecule has 0 aromatic carbocycles. The first-order chi connectivity index (χ1) is 10.9. The van der Waals surface area contributed by atoms with Gasteiger partial charge >= 0.3 is 0 Å². The second-order valence-electron chi connectivity index (χ2n) is 6.82. The normalized spacial score (nSPS) is 23.9. The van der Waals surface area contributed by atoms with Gasteiger partial charge in [0.05, 0.1) is 36.1 Å². The van der Waals surface area contributed by atoms with Gasteiger partial charge in [0.15, 0.2) is 0 Å². The molecule has 23 heavy (non-hydrogen) atoms. The lowest BCUT2D eigenvalue weighted by atomic mass is 10.1. The van der Waals surface area contributed by atoms with E-state index < -0.39 is 0 Å². The summed E-state index contributed by atoms with van der Waals surface area (Å²) < 4.78 is 11.3. The molecule has 3 rings (SSSR count). The molecule has 0 radical (unpaired) electrons. The molecule has 0 fully saturated rings. The molecular weight excluding hydrogens is 308 g/mol.